The maximum Gasteiger partial charge on any atom is 1.00 e. The van der Waals surface area contributed by atoms with E-state index in [0.29, 0.717) is 0 Å². The average Bonchev–Trinajstić information content (AvgIpc) is 2.54. The number of benzene rings is 2. The van der Waals surface area contributed by atoms with Crippen LogP contribution in [-0.4, -0.2) is 13.0 Å². The first kappa shape index (κ1) is 22.6. The fourth-order valence-electron chi connectivity index (χ4n) is 2.43. The molecule has 0 bridgehead atoms. The quantitative estimate of drug-likeness (QED) is 0.413. The van der Waals surface area contributed by atoms with Crippen molar-refractivity contribution in [2.24, 2.45) is 0 Å². The number of rotatable bonds is 8. The van der Waals surface area contributed by atoms with Crippen molar-refractivity contribution in [1.82, 2.24) is 0 Å². The Morgan fingerprint density at radius 3 is 2.48 bits per heavy atom. The van der Waals surface area contributed by atoms with Crippen molar-refractivity contribution in [1.29, 1.82) is 0 Å². The van der Waals surface area contributed by atoms with Crippen molar-refractivity contribution in [2.45, 2.75) is 43.9 Å². The minimum atomic E-state index is -4.32. The number of hydrogen-bond acceptors (Lipinski definition) is 4. The number of para-hydroxylation sites is 1. The molecule has 130 valence electrons. The van der Waals surface area contributed by atoms with E-state index in [4.69, 9.17) is 9.29 Å². The summed E-state index contributed by atoms with van der Waals surface area (Å²) in [6, 6.07) is 10.4. The maximum absolute atomic E-state index is 12.1. The van der Waals surface area contributed by atoms with Crippen LogP contribution in [0.3, 0.4) is 0 Å². The van der Waals surface area contributed by atoms with E-state index in [1.807, 2.05) is 6.07 Å². The summed E-state index contributed by atoms with van der Waals surface area (Å²) < 4.78 is 37.2. The molecule has 2 aromatic carbocycles. The van der Waals surface area contributed by atoms with E-state index in [-0.39, 0.29) is 73.5 Å². The molecule has 0 amide bonds. The molecule has 0 aliphatic rings. The van der Waals surface area contributed by atoms with Gasteiger partial charge in [-0.05, 0) is 30.5 Å². The third-order valence-corrected chi connectivity index (χ3v) is 4.53. The van der Waals surface area contributed by atoms with Crippen LogP contribution in [-0.2, 0) is 16.5 Å². The third kappa shape index (κ3) is 7.01. The summed E-state index contributed by atoms with van der Waals surface area (Å²) in [5.74, 6) is 0.157. The SMILES string of the molecule is CCCCCCc1cccc([O-])c1Oc1cccc(S(=O)(=O)O)c1.[K+]. The summed E-state index contributed by atoms with van der Waals surface area (Å²) in [6.45, 7) is 2.13. The molecule has 2 rings (SSSR count). The van der Waals surface area contributed by atoms with Crippen LogP contribution in [0.15, 0.2) is 47.4 Å². The normalized spacial score (nSPS) is 11.0. The standard InChI is InChI=1S/C18H22O5S.K/c1-2-3-4-5-8-14-9-6-12-17(19)18(14)23-15-10-7-11-16(13-15)24(20,21)22;/h6-7,9-13,19H,2-5,8H2,1H3,(H,20,21,22);/q;+1/p-1. The molecule has 1 N–H and O–H groups in total. The first-order valence-electron chi connectivity index (χ1n) is 7.96. The zero-order chi connectivity index (χ0) is 17.6. The second-order valence-electron chi connectivity index (χ2n) is 5.61. The van der Waals surface area contributed by atoms with Gasteiger partial charge in [0.1, 0.15) is 11.5 Å². The van der Waals surface area contributed by atoms with Gasteiger partial charge in [0.05, 0.1) is 4.90 Å². The van der Waals surface area contributed by atoms with Crippen LogP contribution < -0.4 is 61.2 Å². The second kappa shape index (κ2) is 10.7. The Kier molecular flexibility index (Phi) is 9.65. The second-order valence-corrected chi connectivity index (χ2v) is 7.03. The first-order valence-corrected chi connectivity index (χ1v) is 9.40. The van der Waals surface area contributed by atoms with Gasteiger partial charge in [0.15, 0.2) is 0 Å². The van der Waals surface area contributed by atoms with E-state index < -0.39 is 10.1 Å². The molecule has 0 radical (unpaired) electrons. The largest absolute Gasteiger partial charge is 1.00 e. The molecule has 0 aliphatic heterocycles. The number of aryl methyl sites for hydroxylation is 1. The van der Waals surface area contributed by atoms with Crippen LogP contribution in [0.5, 0.6) is 17.2 Å². The topological polar surface area (TPSA) is 86.7 Å². The Bertz CT molecular complexity index is 790. The number of unbranched alkanes of at least 4 members (excludes halogenated alkanes) is 3. The monoisotopic (exact) mass is 388 g/mol. The van der Waals surface area contributed by atoms with E-state index in [0.717, 1.165) is 37.7 Å². The van der Waals surface area contributed by atoms with Crippen molar-refractivity contribution >= 4 is 10.1 Å². The molecule has 7 heteroatoms. The third-order valence-electron chi connectivity index (χ3n) is 3.68. The van der Waals surface area contributed by atoms with Crippen molar-refractivity contribution in [2.75, 3.05) is 0 Å². The van der Waals surface area contributed by atoms with Crippen molar-refractivity contribution < 1.29 is 74.2 Å². The van der Waals surface area contributed by atoms with Crippen LogP contribution in [0.2, 0.25) is 0 Å². The Hall–Kier alpha value is -0.414. The van der Waals surface area contributed by atoms with Crippen LogP contribution >= 0.6 is 0 Å². The minimum absolute atomic E-state index is 0. The van der Waals surface area contributed by atoms with Gasteiger partial charge in [-0.1, -0.05) is 56.2 Å². The van der Waals surface area contributed by atoms with Crippen LogP contribution in [0.25, 0.3) is 0 Å². The van der Waals surface area contributed by atoms with Gasteiger partial charge in [-0.25, -0.2) is 0 Å². The van der Waals surface area contributed by atoms with Crippen molar-refractivity contribution in [3.63, 3.8) is 0 Å². The fraction of sp³-hybridized carbons (Fsp3) is 0.333. The van der Waals surface area contributed by atoms with Gasteiger partial charge in [0.25, 0.3) is 10.1 Å². The van der Waals surface area contributed by atoms with Gasteiger partial charge >= 0.3 is 51.4 Å². The van der Waals surface area contributed by atoms with Gasteiger partial charge < -0.3 is 9.84 Å². The molecule has 0 heterocycles. The molecule has 0 atom stereocenters. The van der Waals surface area contributed by atoms with Crippen molar-refractivity contribution in [3.05, 3.63) is 48.0 Å². The van der Waals surface area contributed by atoms with Gasteiger partial charge in [-0.3, -0.25) is 4.55 Å². The summed E-state index contributed by atoms with van der Waals surface area (Å²) in [6.07, 6.45) is 5.04. The molecule has 0 aliphatic carbocycles. The molecule has 0 fully saturated rings. The van der Waals surface area contributed by atoms with Gasteiger partial charge in [0, 0.05) is 6.07 Å². The summed E-state index contributed by atoms with van der Waals surface area (Å²) >= 11 is 0. The first-order chi connectivity index (χ1) is 11.4. The average molecular weight is 389 g/mol. The van der Waals surface area contributed by atoms with Crippen LogP contribution in [0.4, 0.5) is 0 Å². The van der Waals surface area contributed by atoms with E-state index in [1.54, 1.807) is 12.1 Å². The molecule has 0 saturated carbocycles. The summed E-state index contributed by atoms with van der Waals surface area (Å²) in [7, 11) is -4.32. The van der Waals surface area contributed by atoms with E-state index in [1.165, 1.54) is 24.3 Å². The number of hydrogen-bond donors (Lipinski definition) is 1. The van der Waals surface area contributed by atoms with Crippen LogP contribution in [0, 0.1) is 0 Å². The molecule has 0 unspecified atom stereocenters. The molecule has 0 aromatic heterocycles. The van der Waals surface area contributed by atoms with Gasteiger partial charge in [0.2, 0.25) is 0 Å². The maximum atomic E-state index is 12.1. The summed E-state index contributed by atoms with van der Waals surface area (Å²) in [5.41, 5.74) is 0.802. The predicted octanol–water partition coefficient (Wildman–Crippen LogP) is 0.926. The fourth-order valence-corrected chi connectivity index (χ4v) is 2.95. The molecular formula is C18H21KO5S. The molecule has 0 saturated heterocycles. The Morgan fingerprint density at radius 1 is 1.08 bits per heavy atom. The summed E-state index contributed by atoms with van der Waals surface area (Å²) in [4.78, 5) is -0.270. The summed E-state index contributed by atoms with van der Waals surface area (Å²) in [5, 5.41) is 12.1. The Labute approximate surface area is 191 Å². The Balaban J connectivity index is 0.00000312. The van der Waals surface area contributed by atoms with Crippen LogP contribution in [0.1, 0.15) is 38.2 Å². The molecule has 25 heavy (non-hydrogen) atoms. The van der Waals surface area contributed by atoms with E-state index >= 15 is 0 Å². The van der Waals surface area contributed by atoms with Gasteiger partial charge in [-0.15, -0.1) is 0 Å². The zero-order valence-corrected chi connectivity index (χ0v) is 18.5. The van der Waals surface area contributed by atoms with E-state index in [9.17, 15) is 13.5 Å². The minimum Gasteiger partial charge on any atom is -0.870 e. The smallest absolute Gasteiger partial charge is 0.870 e. The molecule has 0 spiro atoms. The predicted molar refractivity (Wildman–Crippen MR) is 90.1 cm³/mol. The zero-order valence-electron chi connectivity index (χ0n) is 14.6. The van der Waals surface area contributed by atoms with E-state index in [2.05, 4.69) is 6.92 Å². The van der Waals surface area contributed by atoms with Crippen molar-refractivity contribution in [3.8, 4) is 17.2 Å². The number of ether oxygens (including phenoxy) is 1. The molecule has 5 nitrogen and oxygen atoms in total. The Morgan fingerprint density at radius 2 is 1.80 bits per heavy atom. The molecular weight excluding hydrogens is 367 g/mol. The van der Waals surface area contributed by atoms with Gasteiger partial charge in [-0.2, -0.15) is 8.42 Å². The molecule has 2 aromatic rings.